The number of fused-ring (bicyclic) bond motifs is 1. The second-order valence-corrected chi connectivity index (χ2v) is 8.07. The van der Waals surface area contributed by atoms with Crippen LogP contribution in [0.25, 0.3) is 0 Å². The summed E-state index contributed by atoms with van der Waals surface area (Å²) in [6.45, 7) is 1.97. The lowest BCUT2D eigenvalue weighted by Crippen LogP contribution is -2.36. The Balaban J connectivity index is 1.42. The van der Waals surface area contributed by atoms with Crippen molar-refractivity contribution in [3.05, 3.63) is 47.8 Å². The molecule has 0 spiro atoms. The maximum atomic E-state index is 12.7. The van der Waals surface area contributed by atoms with Crippen LogP contribution in [-0.4, -0.2) is 20.7 Å². The van der Waals surface area contributed by atoms with E-state index in [2.05, 4.69) is 39.1 Å². The third kappa shape index (κ3) is 3.22. The minimum Gasteiger partial charge on any atom is -0.348 e. The van der Waals surface area contributed by atoms with Crippen molar-refractivity contribution in [3.63, 3.8) is 0 Å². The Hall–Kier alpha value is -1.75. The van der Waals surface area contributed by atoms with Crippen molar-refractivity contribution in [2.45, 2.75) is 61.5 Å². The molecule has 1 N–H and O–H groups in total. The van der Waals surface area contributed by atoms with Gasteiger partial charge in [-0.2, -0.15) is 0 Å². The minimum atomic E-state index is -0.140. The Morgan fingerprint density at radius 1 is 1.33 bits per heavy atom. The van der Waals surface area contributed by atoms with Crippen LogP contribution in [0.3, 0.4) is 0 Å². The Bertz CT molecular complexity index is 738. The molecule has 1 saturated carbocycles. The molecule has 1 aromatic carbocycles. The molecule has 0 radical (unpaired) electrons. The van der Waals surface area contributed by atoms with E-state index in [0.29, 0.717) is 6.04 Å². The molecule has 1 aromatic heterocycles. The van der Waals surface area contributed by atoms with E-state index in [9.17, 15) is 4.79 Å². The van der Waals surface area contributed by atoms with Gasteiger partial charge < -0.3 is 9.88 Å². The first-order chi connectivity index (χ1) is 11.7. The first-order valence-corrected chi connectivity index (χ1v) is 9.68. The lowest BCUT2D eigenvalue weighted by Gasteiger charge is -2.27. The smallest absolute Gasteiger partial charge is 0.233 e. The Morgan fingerprint density at radius 3 is 3.00 bits per heavy atom. The summed E-state index contributed by atoms with van der Waals surface area (Å²) >= 11 is 1.56. The van der Waals surface area contributed by atoms with Crippen LogP contribution in [0.4, 0.5) is 0 Å². The van der Waals surface area contributed by atoms with E-state index in [1.54, 1.807) is 11.8 Å². The number of rotatable bonds is 5. The highest BCUT2D eigenvalue weighted by Gasteiger charge is 2.28. The number of aryl methyl sites for hydroxylation is 1. The van der Waals surface area contributed by atoms with Gasteiger partial charge in [-0.3, -0.25) is 4.79 Å². The number of hydrogen-bond acceptors (Lipinski definition) is 3. The molecule has 2 aliphatic rings. The fourth-order valence-electron chi connectivity index (χ4n) is 3.43. The first kappa shape index (κ1) is 15.8. The average molecular weight is 341 g/mol. The lowest BCUT2D eigenvalue weighted by atomic mass is 9.88. The summed E-state index contributed by atoms with van der Waals surface area (Å²) in [6, 6.07) is 9.21. The number of aromatic nitrogens is 2. The minimum absolute atomic E-state index is 0.104. The van der Waals surface area contributed by atoms with Crippen LogP contribution < -0.4 is 5.32 Å². The van der Waals surface area contributed by atoms with Gasteiger partial charge >= 0.3 is 0 Å². The molecule has 0 unspecified atom stereocenters. The van der Waals surface area contributed by atoms with Gasteiger partial charge in [-0.25, -0.2) is 4.98 Å². The number of carbonyl (C=O) groups excluding carboxylic acids is 1. The SMILES string of the molecule is C[C@@H](Sc1nccn1C1CC1)C(=O)N[C@H]1CCCc2ccccc21. The molecule has 24 heavy (non-hydrogen) atoms. The number of benzene rings is 1. The van der Waals surface area contributed by atoms with Crippen molar-refractivity contribution in [1.29, 1.82) is 0 Å². The normalized spacial score (nSPS) is 21.1. The number of hydrogen-bond donors (Lipinski definition) is 1. The zero-order valence-corrected chi connectivity index (χ0v) is 14.8. The second-order valence-electron chi connectivity index (χ2n) is 6.76. The highest BCUT2D eigenvalue weighted by molar-refractivity contribution is 8.00. The number of thioether (sulfide) groups is 1. The third-order valence-electron chi connectivity index (χ3n) is 4.91. The van der Waals surface area contributed by atoms with Crippen molar-refractivity contribution < 1.29 is 4.79 Å². The molecule has 0 bridgehead atoms. The molecule has 4 nitrogen and oxygen atoms in total. The fraction of sp³-hybridized carbons (Fsp3) is 0.474. The molecule has 0 aliphatic heterocycles. The van der Waals surface area contributed by atoms with Gasteiger partial charge in [0, 0.05) is 18.4 Å². The molecule has 1 heterocycles. The molecule has 4 rings (SSSR count). The Morgan fingerprint density at radius 2 is 2.17 bits per heavy atom. The van der Waals surface area contributed by atoms with Crippen molar-refractivity contribution in [3.8, 4) is 0 Å². The number of imidazole rings is 1. The van der Waals surface area contributed by atoms with E-state index in [1.165, 1.54) is 24.0 Å². The Kier molecular flexibility index (Phi) is 4.35. The summed E-state index contributed by atoms with van der Waals surface area (Å²) < 4.78 is 2.21. The van der Waals surface area contributed by atoms with Gasteiger partial charge in [0.1, 0.15) is 0 Å². The van der Waals surface area contributed by atoms with Gasteiger partial charge in [0.25, 0.3) is 0 Å². The van der Waals surface area contributed by atoms with Crippen molar-refractivity contribution in [2.75, 3.05) is 0 Å². The van der Waals surface area contributed by atoms with E-state index < -0.39 is 0 Å². The predicted molar refractivity (Wildman–Crippen MR) is 96.1 cm³/mol. The molecule has 1 fully saturated rings. The third-order valence-corrected chi connectivity index (χ3v) is 6.01. The van der Waals surface area contributed by atoms with Crippen LogP contribution in [0.5, 0.6) is 0 Å². The highest BCUT2D eigenvalue weighted by Crippen LogP contribution is 2.38. The summed E-state index contributed by atoms with van der Waals surface area (Å²) in [5, 5.41) is 4.08. The van der Waals surface area contributed by atoms with E-state index in [4.69, 9.17) is 0 Å². The number of nitrogens with zero attached hydrogens (tertiary/aromatic N) is 2. The van der Waals surface area contributed by atoms with Crippen LogP contribution >= 0.6 is 11.8 Å². The quantitative estimate of drug-likeness (QED) is 0.839. The van der Waals surface area contributed by atoms with E-state index in [-0.39, 0.29) is 17.2 Å². The predicted octanol–water partition coefficient (Wildman–Crippen LogP) is 3.89. The van der Waals surface area contributed by atoms with Gasteiger partial charge in [0.15, 0.2) is 5.16 Å². The Labute approximate surface area is 147 Å². The monoisotopic (exact) mass is 341 g/mol. The van der Waals surface area contributed by atoms with Gasteiger partial charge in [0.2, 0.25) is 5.91 Å². The zero-order chi connectivity index (χ0) is 16.5. The topological polar surface area (TPSA) is 46.9 Å². The van der Waals surface area contributed by atoms with Crippen molar-refractivity contribution >= 4 is 17.7 Å². The molecule has 2 aromatic rings. The molecule has 0 saturated heterocycles. The molecular formula is C19H23N3OS. The van der Waals surface area contributed by atoms with Crippen LogP contribution in [0.2, 0.25) is 0 Å². The van der Waals surface area contributed by atoms with Gasteiger partial charge in [-0.05, 0) is 50.2 Å². The molecule has 2 atom stereocenters. The van der Waals surface area contributed by atoms with Crippen LogP contribution in [0, 0.1) is 0 Å². The number of nitrogens with one attached hydrogen (secondary N) is 1. The van der Waals surface area contributed by atoms with E-state index >= 15 is 0 Å². The van der Waals surface area contributed by atoms with Crippen molar-refractivity contribution in [2.24, 2.45) is 0 Å². The number of amides is 1. The van der Waals surface area contributed by atoms with Crippen LogP contribution in [0.15, 0.2) is 41.8 Å². The van der Waals surface area contributed by atoms with Crippen LogP contribution in [0.1, 0.15) is 55.8 Å². The van der Waals surface area contributed by atoms with Gasteiger partial charge in [-0.1, -0.05) is 36.0 Å². The summed E-state index contributed by atoms with van der Waals surface area (Å²) in [6.07, 6.45) is 9.59. The maximum Gasteiger partial charge on any atom is 0.233 e. The molecule has 5 heteroatoms. The molecular weight excluding hydrogens is 318 g/mol. The molecule has 1 amide bonds. The van der Waals surface area contributed by atoms with Gasteiger partial charge in [0.05, 0.1) is 11.3 Å². The molecule has 2 aliphatic carbocycles. The maximum absolute atomic E-state index is 12.7. The van der Waals surface area contributed by atoms with Gasteiger partial charge in [-0.15, -0.1) is 0 Å². The van der Waals surface area contributed by atoms with Crippen LogP contribution in [-0.2, 0) is 11.2 Å². The largest absolute Gasteiger partial charge is 0.348 e. The summed E-state index contributed by atoms with van der Waals surface area (Å²) in [7, 11) is 0. The molecule has 126 valence electrons. The average Bonchev–Trinajstić information content (AvgIpc) is 3.34. The summed E-state index contributed by atoms with van der Waals surface area (Å²) in [5.41, 5.74) is 2.66. The lowest BCUT2D eigenvalue weighted by molar-refractivity contribution is -0.121. The summed E-state index contributed by atoms with van der Waals surface area (Å²) in [5.74, 6) is 0.104. The highest BCUT2D eigenvalue weighted by atomic mass is 32.2. The first-order valence-electron chi connectivity index (χ1n) is 8.80. The second kappa shape index (κ2) is 6.63. The van der Waals surface area contributed by atoms with E-state index in [1.807, 2.05) is 19.3 Å². The number of carbonyl (C=O) groups is 1. The standard InChI is InChI=1S/C19H23N3OS/c1-13(24-19-20-11-12-22(19)15-9-10-15)18(23)21-17-8-4-6-14-5-2-3-7-16(14)17/h2-3,5,7,11-13,15,17H,4,6,8-10H2,1H3,(H,21,23)/t13-,17+/m1/s1. The van der Waals surface area contributed by atoms with E-state index in [0.717, 1.165) is 24.4 Å². The summed E-state index contributed by atoms with van der Waals surface area (Å²) in [4.78, 5) is 17.1. The zero-order valence-electron chi connectivity index (χ0n) is 13.9. The van der Waals surface area contributed by atoms with Crippen molar-refractivity contribution in [1.82, 2.24) is 14.9 Å². The fourth-order valence-corrected chi connectivity index (χ4v) is 4.37.